The van der Waals surface area contributed by atoms with Crippen LogP contribution in [-0.4, -0.2) is 33.0 Å². The molecule has 5 nitrogen and oxygen atoms in total. The van der Waals surface area contributed by atoms with Crippen molar-refractivity contribution < 1.29 is 19.3 Å². The predicted molar refractivity (Wildman–Crippen MR) is 69.3 cm³/mol. The molecule has 18 heavy (non-hydrogen) atoms. The second kappa shape index (κ2) is 7.08. The number of nitrogens with two attached hydrogens (primary N) is 1. The van der Waals surface area contributed by atoms with Crippen molar-refractivity contribution in [2.75, 3.05) is 27.9 Å². The van der Waals surface area contributed by atoms with E-state index < -0.39 is 0 Å². The summed E-state index contributed by atoms with van der Waals surface area (Å²) in [6.07, 6.45) is 1.30. The fourth-order valence-corrected chi connectivity index (χ4v) is 1.85. The van der Waals surface area contributed by atoms with E-state index in [1.54, 1.807) is 33.5 Å². The van der Waals surface area contributed by atoms with Gasteiger partial charge in [-0.05, 0) is 12.8 Å². The average Bonchev–Trinajstić information content (AvgIpc) is 2.42. The third-order valence-corrected chi connectivity index (χ3v) is 2.80. The maximum Gasteiger partial charge on any atom is 0.131 e. The minimum atomic E-state index is -0.243. The van der Waals surface area contributed by atoms with Gasteiger partial charge in [-0.2, -0.15) is 0 Å². The lowest BCUT2D eigenvalue weighted by atomic mass is 10.0. The fraction of sp³-hybridized carbons (Fsp3) is 0.538. The van der Waals surface area contributed by atoms with Crippen LogP contribution in [0.5, 0.6) is 17.2 Å². The third kappa shape index (κ3) is 3.27. The van der Waals surface area contributed by atoms with Gasteiger partial charge in [-0.3, -0.25) is 0 Å². The van der Waals surface area contributed by atoms with E-state index in [0.29, 0.717) is 30.1 Å². The zero-order valence-electron chi connectivity index (χ0n) is 11.1. The highest BCUT2D eigenvalue weighted by molar-refractivity contribution is 5.52. The quantitative estimate of drug-likeness (QED) is 0.772. The van der Waals surface area contributed by atoms with Gasteiger partial charge in [-0.1, -0.05) is 0 Å². The molecule has 0 amide bonds. The van der Waals surface area contributed by atoms with E-state index in [0.717, 1.165) is 5.56 Å². The first kappa shape index (κ1) is 14.6. The largest absolute Gasteiger partial charge is 0.496 e. The van der Waals surface area contributed by atoms with E-state index in [1.807, 2.05) is 0 Å². The molecule has 0 fully saturated rings. The van der Waals surface area contributed by atoms with E-state index in [9.17, 15) is 0 Å². The number of rotatable bonds is 7. The summed E-state index contributed by atoms with van der Waals surface area (Å²) in [6.45, 7) is 0.120. The van der Waals surface area contributed by atoms with Gasteiger partial charge in [0.05, 0.1) is 26.9 Å². The zero-order chi connectivity index (χ0) is 13.5. The Bertz CT molecular complexity index is 356. The Morgan fingerprint density at radius 1 is 1.11 bits per heavy atom. The Morgan fingerprint density at radius 2 is 1.67 bits per heavy atom. The molecule has 0 aliphatic carbocycles. The van der Waals surface area contributed by atoms with Gasteiger partial charge < -0.3 is 25.1 Å². The van der Waals surface area contributed by atoms with Crippen molar-refractivity contribution in [3.63, 3.8) is 0 Å². The van der Waals surface area contributed by atoms with Gasteiger partial charge in [0.2, 0.25) is 0 Å². The molecule has 5 heteroatoms. The molecule has 0 spiro atoms. The van der Waals surface area contributed by atoms with Crippen LogP contribution in [0.1, 0.15) is 24.4 Å². The molecule has 0 saturated carbocycles. The molecule has 3 N–H and O–H groups in total. The van der Waals surface area contributed by atoms with Crippen molar-refractivity contribution in [1.29, 1.82) is 0 Å². The van der Waals surface area contributed by atoms with Crippen LogP contribution in [0.25, 0.3) is 0 Å². The molecule has 0 aliphatic heterocycles. The molecular formula is C13H21NO4. The number of methoxy groups -OCH3 is 3. The van der Waals surface area contributed by atoms with Gasteiger partial charge in [-0.25, -0.2) is 0 Å². The van der Waals surface area contributed by atoms with E-state index in [2.05, 4.69) is 0 Å². The summed E-state index contributed by atoms with van der Waals surface area (Å²) in [5.74, 6) is 1.93. The van der Waals surface area contributed by atoms with Crippen LogP contribution >= 0.6 is 0 Å². The molecule has 0 radical (unpaired) electrons. The smallest absolute Gasteiger partial charge is 0.131 e. The second-order valence-electron chi connectivity index (χ2n) is 3.92. The molecule has 102 valence electrons. The minimum Gasteiger partial charge on any atom is -0.496 e. The monoisotopic (exact) mass is 255 g/mol. The first-order valence-corrected chi connectivity index (χ1v) is 5.84. The average molecular weight is 255 g/mol. The maximum atomic E-state index is 8.86. The molecule has 1 rings (SSSR count). The standard InChI is InChI=1S/C13H21NO4/c1-16-9-7-11(17-2)13(12(8-9)18-3)10(14)5-4-6-15/h7-8,10,15H,4-6,14H2,1-3H3. The summed E-state index contributed by atoms with van der Waals surface area (Å²) >= 11 is 0. The number of aliphatic hydroxyl groups is 1. The Kier molecular flexibility index (Phi) is 5.74. The van der Waals surface area contributed by atoms with Gasteiger partial charge >= 0.3 is 0 Å². The van der Waals surface area contributed by atoms with Gasteiger partial charge in [0, 0.05) is 24.8 Å². The Morgan fingerprint density at radius 3 is 2.06 bits per heavy atom. The summed E-state index contributed by atoms with van der Waals surface area (Å²) in [5.41, 5.74) is 6.91. The predicted octanol–water partition coefficient (Wildman–Crippen LogP) is 1.48. The van der Waals surface area contributed by atoms with Crippen LogP contribution in [0, 0.1) is 0 Å². The summed E-state index contributed by atoms with van der Waals surface area (Å²) in [7, 11) is 4.74. The van der Waals surface area contributed by atoms with Crippen LogP contribution in [0.2, 0.25) is 0 Å². The van der Waals surface area contributed by atoms with Crippen LogP contribution in [0.15, 0.2) is 12.1 Å². The zero-order valence-corrected chi connectivity index (χ0v) is 11.1. The van der Waals surface area contributed by atoms with Gasteiger partial charge in [0.15, 0.2) is 0 Å². The highest BCUT2D eigenvalue weighted by Crippen LogP contribution is 2.38. The molecule has 0 heterocycles. The highest BCUT2D eigenvalue weighted by atomic mass is 16.5. The van der Waals surface area contributed by atoms with Crippen LogP contribution in [-0.2, 0) is 0 Å². The minimum absolute atomic E-state index is 0.120. The molecule has 1 unspecified atom stereocenters. The van der Waals surface area contributed by atoms with E-state index in [1.165, 1.54) is 0 Å². The lowest BCUT2D eigenvalue weighted by molar-refractivity contribution is 0.278. The number of aliphatic hydroxyl groups excluding tert-OH is 1. The Balaban J connectivity index is 3.13. The summed E-state index contributed by atoms with van der Waals surface area (Å²) < 4.78 is 15.8. The van der Waals surface area contributed by atoms with E-state index in [4.69, 9.17) is 25.1 Å². The second-order valence-corrected chi connectivity index (χ2v) is 3.92. The molecule has 0 aromatic heterocycles. The first-order valence-electron chi connectivity index (χ1n) is 5.84. The van der Waals surface area contributed by atoms with E-state index >= 15 is 0 Å². The first-order chi connectivity index (χ1) is 8.67. The third-order valence-electron chi connectivity index (χ3n) is 2.80. The van der Waals surface area contributed by atoms with Gasteiger partial charge in [0.25, 0.3) is 0 Å². The van der Waals surface area contributed by atoms with Crippen molar-refractivity contribution in [2.45, 2.75) is 18.9 Å². The molecular weight excluding hydrogens is 234 g/mol. The number of hydrogen-bond acceptors (Lipinski definition) is 5. The van der Waals surface area contributed by atoms with Crippen molar-refractivity contribution in [3.05, 3.63) is 17.7 Å². The van der Waals surface area contributed by atoms with Crippen molar-refractivity contribution in [3.8, 4) is 17.2 Å². The Hall–Kier alpha value is -1.46. The van der Waals surface area contributed by atoms with Gasteiger partial charge in [-0.15, -0.1) is 0 Å². The summed E-state index contributed by atoms with van der Waals surface area (Å²) in [4.78, 5) is 0. The van der Waals surface area contributed by atoms with Crippen LogP contribution in [0.4, 0.5) is 0 Å². The molecule has 1 aromatic carbocycles. The van der Waals surface area contributed by atoms with Crippen LogP contribution < -0.4 is 19.9 Å². The number of hydrogen-bond donors (Lipinski definition) is 2. The van der Waals surface area contributed by atoms with Gasteiger partial charge in [0.1, 0.15) is 17.2 Å². The van der Waals surface area contributed by atoms with Crippen molar-refractivity contribution >= 4 is 0 Å². The molecule has 1 atom stereocenters. The lowest BCUT2D eigenvalue weighted by Gasteiger charge is -2.19. The Labute approximate surface area is 107 Å². The number of ether oxygens (including phenoxy) is 3. The van der Waals surface area contributed by atoms with E-state index in [-0.39, 0.29) is 12.6 Å². The normalized spacial score (nSPS) is 12.1. The maximum absolute atomic E-state index is 8.86. The number of benzene rings is 1. The van der Waals surface area contributed by atoms with Crippen molar-refractivity contribution in [1.82, 2.24) is 0 Å². The SMILES string of the molecule is COc1cc(OC)c(C(N)CCCO)c(OC)c1. The molecule has 0 bridgehead atoms. The highest BCUT2D eigenvalue weighted by Gasteiger charge is 2.19. The molecule has 0 aliphatic rings. The lowest BCUT2D eigenvalue weighted by Crippen LogP contribution is -2.13. The van der Waals surface area contributed by atoms with Crippen molar-refractivity contribution in [2.24, 2.45) is 5.73 Å². The topological polar surface area (TPSA) is 73.9 Å². The summed E-state index contributed by atoms with van der Waals surface area (Å²) in [5, 5.41) is 8.86. The molecule has 1 aromatic rings. The molecule has 0 saturated heterocycles. The fourth-order valence-electron chi connectivity index (χ4n) is 1.85. The van der Waals surface area contributed by atoms with Crippen LogP contribution in [0.3, 0.4) is 0 Å². The summed E-state index contributed by atoms with van der Waals surface area (Å²) in [6, 6.07) is 3.31.